The SMILES string of the molecule is COC(=O)C1=C(C)NC2=C(C(=O)CC(C)(C)C2)[C@@H]1c1ccccc1OCc1ccccc1. The van der Waals surface area contributed by atoms with Crippen LogP contribution in [0.5, 0.6) is 5.75 Å². The topological polar surface area (TPSA) is 64.6 Å². The lowest BCUT2D eigenvalue weighted by Crippen LogP contribution is -2.38. The van der Waals surface area contributed by atoms with Gasteiger partial charge < -0.3 is 14.8 Å². The number of benzene rings is 2. The first-order valence-corrected chi connectivity index (χ1v) is 10.9. The van der Waals surface area contributed by atoms with Gasteiger partial charge in [0.25, 0.3) is 0 Å². The molecule has 0 bridgehead atoms. The Hall–Kier alpha value is -3.34. The van der Waals surface area contributed by atoms with Crippen LogP contribution in [-0.4, -0.2) is 18.9 Å². The summed E-state index contributed by atoms with van der Waals surface area (Å²) in [5, 5.41) is 3.34. The highest BCUT2D eigenvalue weighted by Gasteiger charge is 2.43. The van der Waals surface area contributed by atoms with Crippen molar-refractivity contribution in [3.05, 3.63) is 88.3 Å². The second-order valence-corrected chi connectivity index (χ2v) is 9.23. The quantitative estimate of drug-likeness (QED) is 0.672. The first-order valence-electron chi connectivity index (χ1n) is 10.9. The van der Waals surface area contributed by atoms with Crippen LogP contribution in [0.3, 0.4) is 0 Å². The molecule has 2 aromatic carbocycles. The molecule has 1 atom stereocenters. The Labute approximate surface area is 189 Å². The Kier molecular flexibility index (Phi) is 5.92. The molecule has 2 aliphatic rings. The Balaban J connectivity index is 1.81. The van der Waals surface area contributed by atoms with Gasteiger partial charge in [-0.15, -0.1) is 0 Å². The zero-order valence-corrected chi connectivity index (χ0v) is 19.0. The molecule has 0 aromatic heterocycles. The summed E-state index contributed by atoms with van der Waals surface area (Å²) in [5.41, 5.74) is 4.40. The minimum Gasteiger partial charge on any atom is -0.489 e. The van der Waals surface area contributed by atoms with E-state index in [-0.39, 0.29) is 11.2 Å². The maximum atomic E-state index is 13.4. The van der Waals surface area contributed by atoms with Crippen molar-refractivity contribution in [2.45, 2.75) is 46.1 Å². The minimum absolute atomic E-state index is 0.0560. The van der Waals surface area contributed by atoms with Crippen molar-refractivity contribution < 1.29 is 19.1 Å². The number of hydrogen-bond donors (Lipinski definition) is 1. The first kappa shape index (κ1) is 21.9. The van der Waals surface area contributed by atoms with Crippen LogP contribution in [0.2, 0.25) is 0 Å². The second kappa shape index (κ2) is 8.65. The standard InChI is InChI=1S/C27H29NO4/c1-17-23(26(30)31-4)24(25-20(28-17)14-27(2,3)15-21(25)29)19-12-8-9-13-22(19)32-16-18-10-6-5-7-11-18/h5-13,24,28H,14-16H2,1-4H3/t24-/m1/s1. The van der Waals surface area contributed by atoms with Gasteiger partial charge in [0.2, 0.25) is 0 Å². The monoisotopic (exact) mass is 431 g/mol. The van der Waals surface area contributed by atoms with E-state index in [9.17, 15) is 9.59 Å². The number of carbonyl (C=O) groups is 2. The van der Waals surface area contributed by atoms with E-state index in [1.54, 1.807) is 0 Å². The number of methoxy groups -OCH3 is 1. The molecule has 0 unspecified atom stereocenters. The van der Waals surface area contributed by atoms with Crippen LogP contribution in [-0.2, 0) is 20.9 Å². The molecule has 0 radical (unpaired) electrons. The predicted octanol–water partition coefficient (Wildman–Crippen LogP) is 5.04. The summed E-state index contributed by atoms with van der Waals surface area (Å²) in [6.07, 6.45) is 1.17. The predicted molar refractivity (Wildman–Crippen MR) is 123 cm³/mol. The smallest absolute Gasteiger partial charge is 0.336 e. The van der Waals surface area contributed by atoms with Crippen molar-refractivity contribution in [3.8, 4) is 5.75 Å². The van der Waals surface area contributed by atoms with Gasteiger partial charge in [0.15, 0.2) is 5.78 Å². The summed E-state index contributed by atoms with van der Waals surface area (Å²) in [7, 11) is 1.37. The molecule has 0 spiro atoms. The van der Waals surface area contributed by atoms with E-state index in [1.807, 2.05) is 61.5 Å². The Morgan fingerprint density at radius 3 is 2.47 bits per heavy atom. The lowest BCUT2D eigenvalue weighted by atomic mass is 9.68. The number of hydrogen-bond acceptors (Lipinski definition) is 5. The molecule has 1 heterocycles. The molecule has 32 heavy (non-hydrogen) atoms. The van der Waals surface area contributed by atoms with Crippen molar-refractivity contribution >= 4 is 11.8 Å². The summed E-state index contributed by atoms with van der Waals surface area (Å²) in [5.74, 6) is -0.265. The number of allylic oxidation sites excluding steroid dienone is 3. The zero-order chi connectivity index (χ0) is 22.9. The molecule has 1 aliphatic heterocycles. The van der Waals surface area contributed by atoms with Crippen LogP contribution >= 0.6 is 0 Å². The van der Waals surface area contributed by atoms with Gasteiger partial charge in [-0.25, -0.2) is 4.79 Å². The molecule has 4 rings (SSSR count). The Morgan fingerprint density at radius 2 is 1.75 bits per heavy atom. The van der Waals surface area contributed by atoms with Crippen molar-refractivity contribution in [3.63, 3.8) is 0 Å². The van der Waals surface area contributed by atoms with Crippen LogP contribution in [0.4, 0.5) is 0 Å². The van der Waals surface area contributed by atoms with Gasteiger partial charge in [0.05, 0.1) is 18.6 Å². The number of carbonyl (C=O) groups excluding carboxylic acids is 2. The molecular weight excluding hydrogens is 402 g/mol. The molecular formula is C27H29NO4. The van der Waals surface area contributed by atoms with E-state index in [2.05, 4.69) is 19.2 Å². The Bertz CT molecular complexity index is 1110. The van der Waals surface area contributed by atoms with Crippen LogP contribution in [0.25, 0.3) is 0 Å². The second-order valence-electron chi connectivity index (χ2n) is 9.23. The van der Waals surface area contributed by atoms with Gasteiger partial charge in [-0.05, 0) is 30.4 Å². The fourth-order valence-corrected chi connectivity index (χ4v) is 4.71. The molecule has 0 saturated carbocycles. The van der Waals surface area contributed by atoms with E-state index in [4.69, 9.17) is 9.47 Å². The highest BCUT2D eigenvalue weighted by atomic mass is 16.5. The molecule has 0 saturated heterocycles. The van der Waals surface area contributed by atoms with Crippen molar-refractivity contribution in [2.75, 3.05) is 7.11 Å². The number of esters is 1. The number of ether oxygens (including phenoxy) is 2. The van der Waals surface area contributed by atoms with E-state index >= 15 is 0 Å². The number of dihydropyridines is 1. The average Bonchev–Trinajstić information content (AvgIpc) is 2.76. The number of nitrogens with one attached hydrogen (secondary N) is 1. The molecule has 1 N–H and O–H groups in total. The number of Topliss-reactive ketones (excluding diaryl/α,β-unsaturated/α-hetero) is 1. The van der Waals surface area contributed by atoms with Gasteiger partial charge in [0.1, 0.15) is 12.4 Å². The van der Waals surface area contributed by atoms with Crippen LogP contribution in [0.15, 0.2) is 77.1 Å². The van der Waals surface area contributed by atoms with E-state index in [1.165, 1.54) is 7.11 Å². The van der Waals surface area contributed by atoms with Crippen molar-refractivity contribution in [2.24, 2.45) is 5.41 Å². The maximum Gasteiger partial charge on any atom is 0.336 e. The fraction of sp³-hybridized carbons (Fsp3) is 0.333. The van der Waals surface area contributed by atoms with Crippen molar-refractivity contribution in [1.82, 2.24) is 5.32 Å². The molecule has 2 aromatic rings. The minimum atomic E-state index is -0.533. The van der Waals surface area contributed by atoms with Gasteiger partial charge in [-0.1, -0.05) is 62.4 Å². The lowest BCUT2D eigenvalue weighted by Gasteiger charge is -2.39. The average molecular weight is 432 g/mol. The van der Waals surface area contributed by atoms with E-state index in [0.717, 1.165) is 23.2 Å². The van der Waals surface area contributed by atoms with Crippen LogP contribution in [0.1, 0.15) is 50.7 Å². The molecule has 0 amide bonds. The van der Waals surface area contributed by atoms with Crippen LogP contribution in [0, 0.1) is 5.41 Å². The lowest BCUT2D eigenvalue weighted by molar-refractivity contribution is -0.136. The summed E-state index contributed by atoms with van der Waals surface area (Å²) < 4.78 is 11.3. The largest absolute Gasteiger partial charge is 0.489 e. The highest BCUT2D eigenvalue weighted by Crippen LogP contribution is 2.48. The normalized spacial score (nSPS) is 19.9. The molecule has 5 heteroatoms. The van der Waals surface area contributed by atoms with E-state index in [0.29, 0.717) is 35.6 Å². The van der Waals surface area contributed by atoms with Gasteiger partial charge in [-0.3, -0.25) is 4.79 Å². The third-order valence-electron chi connectivity index (χ3n) is 6.11. The number of rotatable bonds is 5. The number of ketones is 1. The fourth-order valence-electron chi connectivity index (χ4n) is 4.71. The maximum absolute atomic E-state index is 13.4. The molecule has 5 nitrogen and oxygen atoms in total. The summed E-state index contributed by atoms with van der Waals surface area (Å²) in [4.78, 5) is 26.2. The van der Waals surface area contributed by atoms with Crippen LogP contribution < -0.4 is 10.1 Å². The van der Waals surface area contributed by atoms with Gasteiger partial charge >= 0.3 is 5.97 Å². The highest BCUT2D eigenvalue weighted by molar-refractivity contribution is 6.04. The van der Waals surface area contributed by atoms with E-state index < -0.39 is 11.9 Å². The van der Waals surface area contributed by atoms with Gasteiger partial charge in [-0.2, -0.15) is 0 Å². The Morgan fingerprint density at radius 1 is 1.06 bits per heavy atom. The number of para-hydroxylation sites is 1. The third kappa shape index (κ3) is 4.20. The zero-order valence-electron chi connectivity index (χ0n) is 19.0. The first-order chi connectivity index (χ1) is 15.3. The summed E-state index contributed by atoms with van der Waals surface area (Å²) in [6.45, 7) is 6.45. The summed E-state index contributed by atoms with van der Waals surface area (Å²) in [6, 6.07) is 17.6. The van der Waals surface area contributed by atoms with Gasteiger partial charge in [0, 0.05) is 29.0 Å². The van der Waals surface area contributed by atoms with Crippen molar-refractivity contribution in [1.29, 1.82) is 0 Å². The third-order valence-corrected chi connectivity index (χ3v) is 6.11. The molecule has 1 aliphatic carbocycles. The molecule has 0 fully saturated rings. The molecule has 166 valence electrons. The summed E-state index contributed by atoms with van der Waals surface area (Å²) >= 11 is 0.